The van der Waals surface area contributed by atoms with Gasteiger partial charge in [-0.25, -0.2) is 4.79 Å². The highest BCUT2D eigenvalue weighted by atomic mass is 16.8. The van der Waals surface area contributed by atoms with E-state index in [-0.39, 0.29) is 18.9 Å². The Morgan fingerprint density at radius 1 is 0.500 bits per heavy atom. The fourth-order valence-electron chi connectivity index (χ4n) is 12.8. The molecular weight excluding hydrogens is 1230 g/mol. The molecule has 0 radical (unpaired) electrons. The van der Waals surface area contributed by atoms with E-state index in [1.54, 1.807) is 51.1 Å². The van der Waals surface area contributed by atoms with Gasteiger partial charge in [-0.3, -0.25) is 14.4 Å². The molecule has 6 fully saturated rings. The van der Waals surface area contributed by atoms with E-state index in [2.05, 4.69) is 13.8 Å². The molecule has 0 saturated carbocycles. The summed E-state index contributed by atoms with van der Waals surface area (Å²) in [5.74, 6) is -3.72. The van der Waals surface area contributed by atoms with Gasteiger partial charge < -0.3 is 102 Å². The Morgan fingerprint density at radius 2 is 1.05 bits per heavy atom. The number of carbonyl (C=O) groups excluding carboxylic acids is 4. The van der Waals surface area contributed by atoms with Gasteiger partial charge in [0.15, 0.2) is 55.9 Å². The molecule has 6 aliphatic heterocycles. The molecule has 0 unspecified atom stereocenters. The first-order chi connectivity index (χ1) is 45.0. The summed E-state index contributed by atoms with van der Waals surface area (Å²) in [4.78, 5) is 55.3. The molecule has 0 aromatic heterocycles. The van der Waals surface area contributed by atoms with E-state index in [1.165, 1.54) is 33.8 Å². The molecule has 25 nitrogen and oxygen atoms in total. The summed E-state index contributed by atoms with van der Waals surface area (Å²) in [6, 6.07) is 8.88. The van der Waals surface area contributed by atoms with Gasteiger partial charge in [0.05, 0.1) is 42.5 Å². The van der Waals surface area contributed by atoms with Crippen molar-refractivity contribution in [3.63, 3.8) is 0 Å². The van der Waals surface area contributed by atoms with Crippen LogP contribution >= 0.6 is 0 Å². The SMILES string of the molecule is CCCCCCCCCC(=O)O[C@H]1[C@H](O[C@@H]2[C@@H](O)[C@H]3OC(=O)CCCCCCCCC[C@H](CCCCC)O[C@@H]4O[C@H](C)[C@H](O)[C@H](O)[C@H]4O[C@@H]3O[C@H]2C)O[C@@H](C)[C@H](O[C@@H]2O[C@@H](C)[C@H](OC(=O)C(C)C)[C@@H](OC(=O)C=Cc3ccccc3)[C@H]2O)[C@H]1O[C@@H]1O[C@@H](C)[C@H](O)[C@@H](O)[C@H]1O. The Bertz CT molecular complexity index is 2440. The Balaban J connectivity index is 1.24. The predicted octanol–water partition coefficient (Wildman–Crippen LogP) is 6.42. The number of unbranched alkanes of at least 4 members (excludes halogenated alkanes) is 8. The Kier molecular flexibility index (Phi) is 31.7. The van der Waals surface area contributed by atoms with Gasteiger partial charge in [-0.15, -0.1) is 0 Å². The smallest absolute Gasteiger partial charge is 0.331 e. The molecule has 0 spiro atoms. The van der Waals surface area contributed by atoms with Gasteiger partial charge in [0.25, 0.3) is 0 Å². The van der Waals surface area contributed by atoms with Crippen LogP contribution in [0.15, 0.2) is 36.4 Å². The molecule has 6 aliphatic rings. The summed E-state index contributed by atoms with van der Waals surface area (Å²) >= 11 is 0. The van der Waals surface area contributed by atoms with Crippen LogP contribution < -0.4 is 0 Å². The summed E-state index contributed by atoms with van der Waals surface area (Å²) in [6.07, 6.45) is -20.5. The van der Waals surface area contributed by atoms with Crippen LogP contribution in [0.4, 0.5) is 0 Å². The van der Waals surface area contributed by atoms with Crippen molar-refractivity contribution in [2.75, 3.05) is 0 Å². The first kappa shape index (κ1) is 77.5. The number of hydrogen-bond donors (Lipinski definition) is 7. The fraction of sp³-hybridized carbons (Fsp3) is 0.826. The minimum absolute atomic E-state index is 0.0378. The zero-order chi connectivity index (χ0) is 68.2. The Morgan fingerprint density at radius 3 is 1.76 bits per heavy atom. The summed E-state index contributed by atoms with van der Waals surface area (Å²) < 4.78 is 89.3. The Labute approximate surface area is 553 Å². The van der Waals surface area contributed by atoms with E-state index in [1.807, 2.05) is 0 Å². The van der Waals surface area contributed by atoms with Gasteiger partial charge >= 0.3 is 23.9 Å². The van der Waals surface area contributed by atoms with Gasteiger partial charge in [0.1, 0.15) is 67.1 Å². The number of hydrogen-bond acceptors (Lipinski definition) is 25. The van der Waals surface area contributed by atoms with Crippen molar-refractivity contribution < 1.29 is 121 Å². The molecule has 6 saturated heterocycles. The lowest BCUT2D eigenvalue weighted by molar-refractivity contribution is -0.399. The molecule has 6 heterocycles. The first-order valence-electron chi connectivity index (χ1n) is 34.9. The number of ether oxygens (including phenoxy) is 14. The molecule has 7 rings (SSSR count). The van der Waals surface area contributed by atoms with Crippen molar-refractivity contribution in [3.05, 3.63) is 42.0 Å². The van der Waals surface area contributed by atoms with Gasteiger partial charge in [-0.1, -0.05) is 154 Å². The third-order valence-electron chi connectivity index (χ3n) is 18.6. The molecule has 1 aromatic rings. The van der Waals surface area contributed by atoms with E-state index < -0.39 is 183 Å². The van der Waals surface area contributed by atoms with E-state index in [4.69, 9.17) is 66.3 Å². The molecule has 1 aromatic carbocycles. The van der Waals surface area contributed by atoms with Crippen molar-refractivity contribution in [2.45, 2.75) is 357 Å². The predicted molar refractivity (Wildman–Crippen MR) is 336 cm³/mol. The number of aliphatic hydroxyl groups is 7. The van der Waals surface area contributed by atoms with Crippen LogP contribution in [0.25, 0.3) is 6.08 Å². The number of aliphatic hydroxyl groups excluding tert-OH is 7. The van der Waals surface area contributed by atoms with E-state index in [0.717, 1.165) is 96.0 Å². The van der Waals surface area contributed by atoms with Crippen LogP contribution in [0.3, 0.4) is 0 Å². The molecular formula is C69H110O25. The second-order valence-electron chi connectivity index (χ2n) is 26.6. The largest absolute Gasteiger partial charge is 0.455 e. The van der Waals surface area contributed by atoms with Crippen molar-refractivity contribution in [3.8, 4) is 0 Å². The number of benzene rings is 1. The normalized spacial score (nSPS) is 39.1. The van der Waals surface area contributed by atoms with E-state index in [0.29, 0.717) is 37.7 Å². The zero-order valence-electron chi connectivity index (χ0n) is 56.5. The molecule has 536 valence electrons. The summed E-state index contributed by atoms with van der Waals surface area (Å²) in [5, 5.41) is 81.8. The maximum absolute atomic E-state index is 14.4. The van der Waals surface area contributed by atoms with Crippen LogP contribution in [0.1, 0.15) is 203 Å². The average Bonchev–Trinajstić information content (AvgIpc) is 0.797. The maximum Gasteiger partial charge on any atom is 0.331 e. The molecule has 94 heavy (non-hydrogen) atoms. The number of fused-ring (bicyclic) bond motifs is 2. The van der Waals surface area contributed by atoms with Crippen molar-refractivity contribution in [2.24, 2.45) is 5.92 Å². The molecule has 0 bridgehead atoms. The van der Waals surface area contributed by atoms with Gasteiger partial charge in [-0.05, 0) is 71.9 Å². The van der Waals surface area contributed by atoms with Crippen LogP contribution in [0.5, 0.6) is 0 Å². The van der Waals surface area contributed by atoms with Crippen molar-refractivity contribution >= 4 is 30.0 Å². The summed E-state index contributed by atoms with van der Waals surface area (Å²) in [6.45, 7) is 15.0. The standard InChI is InChI=1S/C69H110O25/c1-10-12-14-15-17-21-29-35-47(71)89-63-62(94-65-53(77)51(75)49(73)39(5)81-65)58(92-66-55(79)59(57(42(8)83-66)90-64(80)38(3)4)87-48(72)37-36-44-30-25-23-26-31-44)43(9)85-69(63)91-56-41(7)84-68-61(54(56)78)88-46(70)34-28-22-19-16-18-20-27-33-45(32-24-13-11-2)86-67-60(93-68)52(76)50(74)40(6)82-67/h23,25-26,30-31,36-43,45,49-63,65-69,73-79H,10-22,24,27-29,32-35H2,1-9H3/t39-,40+,41-,42-,43-,45-,49-,50-,51+,52-,53+,54+,55+,56-,57-,58-,59-,60+,61+,62+,63+,65-,66-,67-,68-,69-/m0/s1. The molecule has 7 N–H and O–H groups in total. The van der Waals surface area contributed by atoms with Crippen LogP contribution in [0.2, 0.25) is 0 Å². The van der Waals surface area contributed by atoms with Gasteiger partial charge in [-0.2, -0.15) is 0 Å². The topological polar surface area (TPSA) is 339 Å². The van der Waals surface area contributed by atoms with Gasteiger partial charge in [0.2, 0.25) is 0 Å². The lowest BCUT2D eigenvalue weighted by Crippen LogP contribution is -2.68. The molecule has 0 amide bonds. The first-order valence-corrected chi connectivity index (χ1v) is 34.9. The monoisotopic (exact) mass is 1340 g/mol. The lowest BCUT2D eigenvalue weighted by Gasteiger charge is -2.51. The lowest BCUT2D eigenvalue weighted by atomic mass is 9.95. The summed E-state index contributed by atoms with van der Waals surface area (Å²) in [5.41, 5.74) is 0.663. The average molecular weight is 1340 g/mol. The maximum atomic E-state index is 14.4. The van der Waals surface area contributed by atoms with Crippen molar-refractivity contribution in [1.82, 2.24) is 0 Å². The minimum Gasteiger partial charge on any atom is -0.455 e. The minimum atomic E-state index is -1.94. The molecule has 26 atom stereocenters. The fourth-order valence-corrected chi connectivity index (χ4v) is 12.8. The van der Waals surface area contributed by atoms with Crippen molar-refractivity contribution in [1.29, 1.82) is 0 Å². The second-order valence-corrected chi connectivity index (χ2v) is 26.6. The molecule has 0 aliphatic carbocycles. The van der Waals surface area contributed by atoms with E-state index in [9.17, 15) is 54.9 Å². The summed E-state index contributed by atoms with van der Waals surface area (Å²) in [7, 11) is 0. The quantitative estimate of drug-likeness (QED) is 0.0254. The Hall–Kier alpha value is -3.84. The van der Waals surface area contributed by atoms with Crippen LogP contribution in [0, 0.1) is 5.92 Å². The van der Waals surface area contributed by atoms with Crippen LogP contribution in [-0.2, 0) is 85.5 Å². The highest BCUT2D eigenvalue weighted by molar-refractivity contribution is 5.87. The number of esters is 4. The second kappa shape index (κ2) is 38.5. The van der Waals surface area contributed by atoms with Gasteiger partial charge in [0, 0.05) is 18.9 Å². The number of carbonyl (C=O) groups is 4. The highest BCUT2D eigenvalue weighted by Gasteiger charge is 2.59. The zero-order valence-corrected chi connectivity index (χ0v) is 56.5. The third kappa shape index (κ3) is 21.8. The third-order valence-corrected chi connectivity index (χ3v) is 18.6. The highest BCUT2D eigenvalue weighted by Crippen LogP contribution is 2.40. The van der Waals surface area contributed by atoms with E-state index >= 15 is 0 Å². The number of rotatable bonds is 24. The van der Waals surface area contributed by atoms with Crippen LogP contribution in [-0.4, -0.2) is 219 Å². The molecule has 25 heteroatoms.